The minimum Gasteiger partial charge on any atom is -0.354 e. The first-order valence-electron chi connectivity index (χ1n) is 7.03. The van der Waals surface area contributed by atoms with Gasteiger partial charge in [0, 0.05) is 32.6 Å². The van der Waals surface area contributed by atoms with E-state index in [1.807, 2.05) is 0 Å². The second-order valence-electron chi connectivity index (χ2n) is 5.47. The van der Waals surface area contributed by atoms with Crippen LogP contribution in [-0.4, -0.2) is 9.97 Å². The van der Waals surface area contributed by atoms with Gasteiger partial charge in [-0.25, -0.2) is 0 Å². The van der Waals surface area contributed by atoms with Crippen LogP contribution in [0.1, 0.15) is 0 Å². The van der Waals surface area contributed by atoms with Gasteiger partial charge in [0.1, 0.15) is 0 Å². The normalized spacial score (nSPS) is 12.1. The number of aromatic nitrogens is 2. The molecule has 0 fully saturated rings. The smallest absolute Gasteiger partial charge is 0.0628 e. The predicted octanol–water partition coefficient (Wildman–Crippen LogP) is 6.48. The fourth-order valence-electron chi connectivity index (χ4n) is 3.32. The molecule has 2 heterocycles. The summed E-state index contributed by atoms with van der Waals surface area (Å²) in [6.45, 7) is 0. The summed E-state index contributed by atoms with van der Waals surface area (Å²) in [4.78, 5) is 7.09. The Hall–Kier alpha value is -1.78. The van der Waals surface area contributed by atoms with Gasteiger partial charge in [-0.15, -0.1) is 0 Å². The van der Waals surface area contributed by atoms with E-state index in [4.69, 9.17) is 0 Å². The Morgan fingerprint density at radius 2 is 1.00 bits per heavy atom. The third kappa shape index (κ3) is 1.49. The van der Waals surface area contributed by atoms with Crippen LogP contribution < -0.4 is 0 Å². The van der Waals surface area contributed by atoms with Gasteiger partial charge in [-0.3, -0.25) is 0 Å². The molecule has 0 bridgehead atoms. The summed E-state index contributed by atoms with van der Waals surface area (Å²) in [5.74, 6) is 0. The molecule has 0 aliphatic carbocycles. The van der Waals surface area contributed by atoms with Gasteiger partial charge in [0.15, 0.2) is 0 Å². The number of rotatable bonds is 0. The summed E-state index contributed by atoms with van der Waals surface area (Å²) in [5, 5.41) is 4.87. The zero-order chi connectivity index (χ0) is 14.8. The van der Waals surface area contributed by atoms with Gasteiger partial charge in [-0.05, 0) is 44.0 Å². The molecule has 0 spiro atoms. The van der Waals surface area contributed by atoms with Crippen molar-refractivity contribution in [2.75, 3.05) is 0 Å². The van der Waals surface area contributed by atoms with Crippen molar-refractivity contribution in [1.29, 1.82) is 0 Å². The van der Waals surface area contributed by atoms with Crippen LogP contribution in [0.15, 0.2) is 57.5 Å². The Morgan fingerprint density at radius 3 is 1.45 bits per heavy atom. The summed E-state index contributed by atoms with van der Waals surface area (Å²) < 4.78 is 2.21. The van der Waals surface area contributed by atoms with Gasteiger partial charge in [0.05, 0.1) is 20.0 Å². The summed E-state index contributed by atoms with van der Waals surface area (Å²) in [6, 6.07) is 16.8. The van der Waals surface area contributed by atoms with Crippen LogP contribution in [0.4, 0.5) is 0 Å². The van der Waals surface area contributed by atoms with Gasteiger partial charge in [0.25, 0.3) is 0 Å². The molecule has 0 aliphatic rings. The highest BCUT2D eigenvalue weighted by Crippen LogP contribution is 2.44. The number of halogens is 2. The van der Waals surface area contributed by atoms with Crippen LogP contribution in [0, 0.1) is 0 Å². The third-order valence-electron chi connectivity index (χ3n) is 4.29. The summed E-state index contributed by atoms with van der Waals surface area (Å²) >= 11 is 7.65. The number of benzene rings is 3. The lowest BCUT2D eigenvalue weighted by Gasteiger charge is -2.03. The fraction of sp³-hybridized carbons (Fsp3) is 0. The van der Waals surface area contributed by atoms with E-state index in [1.54, 1.807) is 0 Å². The lowest BCUT2D eigenvalue weighted by atomic mass is 10.1. The minimum absolute atomic E-state index is 1.11. The molecular weight excluding hydrogens is 404 g/mol. The number of nitrogens with one attached hydrogen (secondary N) is 2. The molecule has 2 nitrogen and oxygen atoms in total. The van der Waals surface area contributed by atoms with E-state index in [0.717, 1.165) is 31.0 Å². The van der Waals surface area contributed by atoms with Crippen LogP contribution in [-0.2, 0) is 0 Å². The standard InChI is InChI=1S/C18H10Br2N2/c19-15-13-9-5-1-3-7-11(9)21-17(13)16(20)14-10-6-2-4-8-12(10)22-18(14)15/h1-8,21-22H. The Morgan fingerprint density at radius 1 is 0.591 bits per heavy atom. The molecular formula is C18H10Br2N2. The van der Waals surface area contributed by atoms with Crippen molar-refractivity contribution in [2.45, 2.75) is 0 Å². The maximum atomic E-state index is 3.82. The number of para-hydroxylation sites is 2. The molecule has 0 radical (unpaired) electrons. The van der Waals surface area contributed by atoms with Crippen molar-refractivity contribution in [3.63, 3.8) is 0 Å². The quantitative estimate of drug-likeness (QED) is 0.291. The van der Waals surface area contributed by atoms with Crippen LogP contribution in [0.2, 0.25) is 0 Å². The van der Waals surface area contributed by atoms with Crippen LogP contribution in [0.3, 0.4) is 0 Å². The van der Waals surface area contributed by atoms with Gasteiger partial charge >= 0.3 is 0 Å². The lowest BCUT2D eigenvalue weighted by Crippen LogP contribution is -1.78. The molecule has 2 aromatic heterocycles. The molecule has 3 aromatic carbocycles. The van der Waals surface area contributed by atoms with E-state index in [1.165, 1.54) is 21.5 Å². The van der Waals surface area contributed by atoms with Crippen molar-refractivity contribution in [2.24, 2.45) is 0 Å². The zero-order valence-electron chi connectivity index (χ0n) is 11.4. The molecule has 106 valence electrons. The topological polar surface area (TPSA) is 31.6 Å². The van der Waals surface area contributed by atoms with Gasteiger partial charge < -0.3 is 9.97 Å². The van der Waals surface area contributed by atoms with E-state index in [-0.39, 0.29) is 0 Å². The first-order chi connectivity index (χ1) is 10.8. The molecule has 4 heteroatoms. The van der Waals surface area contributed by atoms with E-state index < -0.39 is 0 Å². The van der Waals surface area contributed by atoms with E-state index in [2.05, 4.69) is 90.4 Å². The van der Waals surface area contributed by atoms with E-state index in [9.17, 15) is 0 Å². The highest BCUT2D eigenvalue weighted by molar-refractivity contribution is 9.11. The molecule has 0 amide bonds. The number of hydrogen-bond donors (Lipinski definition) is 2. The molecule has 5 aromatic rings. The second kappa shape index (κ2) is 4.37. The minimum atomic E-state index is 1.11. The molecule has 0 saturated heterocycles. The van der Waals surface area contributed by atoms with Crippen LogP contribution >= 0.6 is 31.9 Å². The molecule has 0 saturated carbocycles. The number of aromatic amines is 2. The van der Waals surface area contributed by atoms with Crippen molar-refractivity contribution < 1.29 is 0 Å². The van der Waals surface area contributed by atoms with Gasteiger partial charge in [-0.1, -0.05) is 36.4 Å². The van der Waals surface area contributed by atoms with Crippen LogP contribution in [0.25, 0.3) is 43.6 Å². The molecule has 5 rings (SSSR count). The maximum absolute atomic E-state index is 3.82. The van der Waals surface area contributed by atoms with E-state index in [0.29, 0.717) is 0 Å². The van der Waals surface area contributed by atoms with Gasteiger partial charge in [-0.2, -0.15) is 0 Å². The molecule has 0 atom stereocenters. The van der Waals surface area contributed by atoms with Crippen molar-refractivity contribution in [3.05, 3.63) is 57.5 Å². The van der Waals surface area contributed by atoms with E-state index >= 15 is 0 Å². The largest absolute Gasteiger partial charge is 0.354 e. The number of H-pyrrole nitrogens is 2. The Kier molecular flexibility index (Phi) is 2.53. The number of hydrogen-bond acceptors (Lipinski definition) is 0. The Labute approximate surface area is 142 Å². The van der Waals surface area contributed by atoms with Crippen molar-refractivity contribution >= 4 is 75.5 Å². The molecule has 22 heavy (non-hydrogen) atoms. The first-order valence-corrected chi connectivity index (χ1v) is 8.62. The third-order valence-corrected chi connectivity index (χ3v) is 5.88. The highest BCUT2D eigenvalue weighted by atomic mass is 79.9. The summed E-state index contributed by atoms with van der Waals surface area (Å²) in [7, 11) is 0. The predicted molar refractivity (Wildman–Crippen MR) is 101 cm³/mol. The summed E-state index contributed by atoms with van der Waals surface area (Å²) in [6.07, 6.45) is 0. The monoisotopic (exact) mass is 412 g/mol. The first kappa shape index (κ1) is 12.7. The molecule has 2 N–H and O–H groups in total. The van der Waals surface area contributed by atoms with Crippen molar-refractivity contribution in [1.82, 2.24) is 9.97 Å². The fourth-order valence-corrected chi connectivity index (χ4v) is 4.74. The Balaban J connectivity index is 2.15. The molecule has 0 aliphatic heterocycles. The molecule has 0 unspecified atom stereocenters. The maximum Gasteiger partial charge on any atom is 0.0628 e. The summed E-state index contributed by atoms with van der Waals surface area (Å²) in [5.41, 5.74) is 4.56. The lowest BCUT2D eigenvalue weighted by molar-refractivity contribution is 1.52. The second-order valence-corrected chi connectivity index (χ2v) is 7.06. The SMILES string of the molecule is Brc1c2[nH]c3ccccc3c2c(Br)c2[nH]c3ccccc3c12. The average Bonchev–Trinajstić information content (AvgIpc) is 3.12. The van der Waals surface area contributed by atoms with Gasteiger partial charge in [0.2, 0.25) is 0 Å². The van der Waals surface area contributed by atoms with Crippen LogP contribution in [0.5, 0.6) is 0 Å². The number of fused-ring (bicyclic) bond motifs is 6. The average molecular weight is 414 g/mol. The highest BCUT2D eigenvalue weighted by Gasteiger charge is 2.18. The van der Waals surface area contributed by atoms with Crippen molar-refractivity contribution in [3.8, 4) is 0 Å². The zero-order valence-corrected chi connectivity index (χ0v) is 14.5. The Bertz CT molecular complexity index is 1100.